The Morgan fingerprint density at radius 1 is 0.844 bits per heavy atom. The second kappa shape index (κ2) is 11.3. The quantitative estimate of drug-likeness (QED) is 0.416. The summed E-state index contributed by atoms with van der Waals surface area (Å²) in [4.78, 5) is 37.9. The van der Waals surface area contributed by atoms with Crippen LogP contribution in [0.4, 0.5) is 10.5 Å². The van der Waals surface area contributed by atoms with Crippen molar-refractivity contribution in [2.75, 3.05) is 18.9 Å². The second-order valence-corrected chi connectivity index (χ2v) is 7.14. The van der Waals surface area contributed by atoms with Crippen molar-refractivity contribution in [2.45, 2.75) is 13.0 Å². The molecule has 0 spiro atoms. The fourth-order valence-corrected chi connectivity index (χ4v) is 2.92. The monoisotopic (exact) mass is 431 g/mol. The number of amides is 3. The molecule has 7 heteroatoms. The van der Waals surface area contributed by atoms with Gasteiger partial charge in [0.25, 0.3) is 5.91 Å². The first-order chi connectivity index (χ1) is 15.5. The summed E-state index contributed by atoms with van der Waals surface area (Å²) in [5, 5.41) is 5.49. The van der Waals surface area contributed by atoms with Gasteiger partial charge >= 0.3 is 12.0 Å². The van der Waals surface area contributed by atoms with Gasteiger partial charge in [0.1, 0.15) is 5.75 Å². The summed E-state index contributed by atoms with van der Waals surface area (Å²) in [6.07, 6.45) is 0.0391. The van der Waals surface area contributed by atoms with Crippen LogP contribution in [-0.2, 0) is 11.3 Å². The topological polar surface area (TPSA) is 87.7 Å². The fraction of sp³-hybridized carbons (Fsp3) is 0.160. The van der Waals surface area contributed by atoms with Gasteiger partial charge in [0.05, 0.1) is 6.42 Å². The van der Waals surface area contributed by atoms with Crippen molar-refractivity contribution in [2.24, 2.45) is 0 Å². The normalized spacial score (nSPS) is 10.2. The van der Waals surface area contributed by atoms with Gasteiger partial charge in [0.15, 0.2) is 0 Å². The molecule has 0 radical (unpaired) electrons. The van der Waals surface area contributed by atoms with E-state index in [1.165, 1.54) is 0 Å². The maximum atomic E-state index is 12.2. The maximum Gasteiger partial charge on any atom is 0.317 e. The highest BCUT2D eigenvalue weighted by Gasteiger charge is 2.11. The standard InChI is InChI=1S/C25H25N3O4/c1-28(18-19-8-4-2-5-9-19)25(31)26-17-16-23(29)32-22-14-12-21(13-15-22)27-24(30)20-10-6-3-7-11-20/h2-15H,16-18H2,1H3,(H,26,31)(H,27,30). The highest BCUT2D eigenvalue weighted by Crippen LogP contribution is 2.17. The number of benzene rings is 3. The minimum absolute atomic E-state index is 0.0391. The van der Waals surface area contributed by atoms with Crippen LogP contribution in [-0.4, -0.2) is 36.4 Å². The maximum absolute atomic E-state index is 12.2. The molecule has 32 heavy (non-hydrogen) atoms. The Kier molecular flexibility index (Phi) is 7.97. The van der Waals surface area contributed by atoms with Gasteiger partial charge in [-0.15, -0.1) is 0 Å². The van der Waals surface area contributed by atoms with E-state index < -0.39 is 5.97 Å². The molecule has 0 fully saturated rings. The number of nitrogens with zero attached hydrogens (tertiary/aromatic N) is 1. The number of ether oxygens (including phenoxy) is 1. The minimum Gasteiger partial charge on any atom is -0.426 e. The first kappa shape index (κ1) is 22.6. The lowest BCUT2D eigenvalue weighted by atomic mass is 10.2. The summed E-state index contributed by atoms with van der Waals surface area (Å²) in [5.41, 5.74) is 2.17. The highest BCUT2D eigenvalue weighted by atomic mass is 16.5. The van der Waals surface area contributed by atoms with Crippen LogP contribution in [0.2, 0.25) is 0 Å². The first-order valence-corrected chi connectivity index (χ1v) is 10.2. The fourth-order valence-electron chi connectivity index (χ4n) is 2.92. The average molecular weight is 431 g/mol. The van der Waals surface area contributed by atoms with E-state index in [-0.39, 0.29) is 24.9 Å². The van der Waals surface area contributed by atoms with E-state index in [1.807, 2.05) is 36.4 Å². The van der Waals surface area contributed by atoms with Crippen LogP contribution in [0.5, 0.6) is 5.75 Å². The number of esters is 1. The molecule has 0 aliphatic carbocycles. The van der Waals surface area contributed by atoms with Crippen molar-refractivity contribution < 1.29 is 19.1 Å². The number of nitrogens with one attached hydrogen (secondary N) is 2. The number of anilines is 1. The molecular weight excluding hydrogens is 406 g/mol. The van der Waals surface area contributed by atoms with Crippen molar-refractivity contribution in [3.05, 3.63) is 96.1 Å². The van der Waals surface area contributed by atoms with Crippen LogP contribution < -0.4 is 15.4 Å². The Labute approximate surface area is 187 Å². The number of carbonyl (C=O) groups is 3. The van der Waals surface area contributed by atoms with E-state index >= 15 is 0 Å². The molecule has 2 N–H and O–H groups in total. The van der Waals surface area contributed by atoms with Crippen molar-refractivity contribution >= 4 is 23.6 Å². The number of rotatable bonds is 8. The summed E-state index contributed by atoms with van der Waals surface area (Å²) in [6, 6.07) is 24.8. The van der Waals surface area contributed by atoms with Gasteiger partial charge in [-0.3, -0.25) is 9.59 Å². The van der Waals surface area contributed by atoms with Gasteiger partial charge in [-0.1, -0.05) is 48.5 Å². The summed E-state index contributed by atoms with van der Waals surface area (Å²) in [7, 11) is 1.69. The van der Waals surface area contributed by atoms with Crippen LogP contribution in [0.15, 0.2) is 84.9 Å². The van der Waals surface area contributed by atoms with Gasteiger partial charge in [-0.2, -0.15) is 0 Å². The zero-order chi connectivity index (χ0) is 22.8. The first-order valence-electron chi connectivity index (χ1n) is 10.2. The van der Waals surface area contributed by atoms with Crippen molar-refractivity contribution in [3.8, 4) is 5.75 Å². The molecule has 0 unspecified atom stereocenters. The van der Waals surface area contributed by atoms with Gasteiger partial charge in [0, 0.05) is 31.4 Å². The molecule has 3 rings (SSSR count). The summed E-state index contributed by atoms with van der Waals surface area (Å²) in [5.74, 6) is -0.319. The van der Waals surface area contributed by atoms with E-state index in [9.17, 15) is 14.4 Å². The van der Waals surface area contributed by atoms with Crippen LogP contribution >= 0.6 is 0 Å². The predicted octanol–water partition coefficient (Wildman–Crippen LogP) is 4.08. The molecule has 0 aliphatic heterocycles. The number of urea groups is 1. The molecule has 3 amide bonds. The van der Waals surface area contributed by atoms with Crippen molar-refractivity contribution in [3.63, 3.8) is 0 Å². The third kappa shape index (κ3) is 6.98. The lowest BCUT2D eigenvalue weighted by Gasteiger charge is -2.17. The molecule has 7 nitrogen and oxygen atoms in total. The third-order valence-corrected chi connectivity index (χ3v) is 4.59. The zero-order valence-electron chi connectivity index (χ0n) is 17.8. The average Bonchev–Trinajstić information content (AvgIpc) is 2.81. The Hall–Kier alpha value is -4.13. The van der Waals surface area contributed by atoms with Gasteiger partial charge < -0.3 is 20.3 Å². The van der Waals surface area contributed by atoms with Gasteiger partial charge in [0.2, 0.25) is 0 Å². The zero-order valence-corrected chi connectivity index (χ0v) is 17.8. The molecule has 0 atom stereocenters. The summed E-state index contributed by atoms with van der Waals surface area (Å²) < 4.78 is 5.28. The van der Waals surface area contributed by atoms with Crippen LogP contribution in [0.1, 0.15) is 22.3 Å². The lowest BCUT2D eigenvalue weighted by Crippen LogP contribution is -2.38. The van der Waals surface area contributed by atoms with Crippen molar-refractivity contribution in [1.29, 1.82) is 0 Å². The largest absolute Gasteiger partial charge is 0.426 e. The molecule has 3 aromatic carbocycles. The van der Waals surface area contributed by atoms with E-state index in [2.05, 4.69) is 10.6 Å². The molecule has 0 saturated heterocycles. The molecular formula is C25H25N3O4. The van der Waals surface area contributed by atoms with Crippen LogP contribution in [0.3, 0.4) is 0 Å². The molecule has 0 aliphatic rings. The number of carbonyl (C=O) groups excluding carboxylic acids is 3. The predicted molar refractivity (Wildman–Crippen MR) is 122 cm³/mol. The van der Waals surface area contributed by atoms with E-state index in [0.29, 0.717) is 23.5 Å². The van der Waals surface area contributed by atoms with Gasteiger partial charge in [-0.05, 0) is 42.0 Å². The van der Waals surface area contributed by atoms with E-state index in [0.717, 1.165) is 5.56 Å². The van der Waals surface area contributed by atoms with Crippen LogP contribution in [0.25, 0.3) is 0 Å². The minimum atomic E-state index is -0.461. The van der Waals surface area contributed by atoms with Crippen LogP contribution in [0, 0.1) is 0 Å². The molecule has 3 aromatic rings. The van der Waals surface area contributed by atoms with Crippen molar-refractivity contribution in [1.82, 2.24) is 10.2 Å². The number of hydrogen-bond donors (Lipinski definition) is 2. The molecule has 0 aromatic heterocycles. The third-order valence-electron chi connectivity index (χ3n) is 4.59. The Morgan fingerprint density at radius 3 is 2.12 bits per heavy atom. The second-order valence-electron chi connectivity index (χ2n) is 7.14. The molecule has 164 valence electrons. The SMILES string of the molecule is CN(Cc1ccccc1)C(=O)NCCC(=O)Oc1ccc(NC(=O)c2ccccc2)cc1. The lowest BCUT2D eigenvalue weighted by molar-refractivity contribution is -0.134. The Bertz CT molecular complexity index is 1040. The Balaban J connectivity index is 1.39. The Morgan fingerprint density at radius 2 is 1.47 bits per heavy atom. The van der Waals surface area contributed by atoms with E-state index in [4.69, 9.17) is 4.74 Å². The summed E-state index contributed by atoms with van der Waals surface area (Å²) >= 11 is 0. The molecule has 0 heterocycles. The van der Waals surface area contributed by atoms with Gasteiger partial charge in [-0.25, -0.2) is 4.79 Å². The highest BCUT2D eigenvalue weighted by molar-refractivity contribution is 6.04. The smallest absolute Gasteiger partial charge is 0.317 e. The molecule has 0 bridgehead atoms. The number of hydrogen-bond acceptors (Lipinski definition) is 4. The molecule has 0 saturated carbocycles. The summed E-state index contributed by atoms with van der Waals surface area (Å²) in [6.45, 7) is 0.645. The van der Waals surface area contributed by atoms with E-state index in [1.54, 1.807) is 60.5 Å².